The van der Waals surface area contributed by atoms with E-state index in [1.54, 1.807) is 0 Å². The molecule has 0 saturated heterocycles. The summed E-state index contributed by atoms with van der Waals surface area (Å²) >= 11 is 0. The molecule has 0 spiro atoms. The summed E-state index contributed by atoms with van der Waals surface area (Å²) in [7, 11) is 0. The predicted octanol–water partition coefficient (Wildman–Crippen LogP) is 2.19. The molecular formula is C14H22O4. The molecule has 0 bridgehead atoms. The van der Waals surface area contributed by atoms with Crippen molar-refractivity contribution in [3.63, 3.8) is 0 Å². The van der Waals surface area contributed by atoms with E-state index in [0.29, 0.717) is 25.0 Å². The van der Waals surface area contributed by atoms with Gasteiger partial charge in [0, 0.05) is 25.7 Å². The maximum absolute atomic E-state index is 10.9. The lowest BCUT2D eigenvalue weighted by molar-refractivity contribution is -0.148. The van der Waals surface area contributed by atoms with Crippen molar-refractivity contribution in [2.24, 2.45) is 23.7 Å². The highest BCUT2D eigenvalue weighted by Crippen LogP contribution is 2.34. The number of rotatable bonds is 4. The SMILES string of the molecule is CC(=O)OC[C@@H]1[C@H](COC(C)=O)[C@H](C)C=C[C@@H]1C. The van der Waals surface area contributed by atoms with Gasteiger partial charge in [-0.1, -0.05) is 26.0 Å². The first-order chi connectivity index (χ1) is 8.41. The van der Waals surface area contributed by atoms with Gasteiger partial charge >= 0.3 is 11.9 Å². The summed E-state index contributed by atoms with van der Waals surface area (Å²) in [4.78, 5) is 21.8. The molecular weight excluding hydrogens is 232 g/mol. The fraction of sp³-hybridized carbons (Fsp3) is 0.714. The number of carbonyl (C=O) groups is 2. The van der Waals surface area contributed by atoms with Gasteiger partial charge in [-0.05, 0) is 11.8 Å². The van der Waals surface area contributed by atoms with Gasteiger partial charge in [-0.2, -0.15) is 0 Å². The van der Waals surface area contributed by atoms with Gasteiger partial charge in [0.25, 0.3) is 0 Å². The molecule has 0 fully saturated rings. The first-order valence-electron chi connectivity index (χ1n) is 6.37. The van der Waals surface area contributed by atoms with Crippen molar-refractivity contribution in [1.82, 2.24) is 0 Å². The van der Waals surface area contributed by atoms with Crippen LogP contribution in [-0.2, 0) is 19.1 Å². The fourth-order valence-electron chi connectivity index (χ4n) is 2.39. The van der Waals surface area contributed by atoms with Crippen molar-refractivity contribution in [1.29, 1.82) is 0 Å². The normalized spacial score (nSPS) is 30.9. The lowest BCUT2D eigenvalue weighted by Gasteiger charge is -2.36. The molecule has 0 aliphatic heterocycles. The van der Waals surface area contributed by atoms with Crippen LogP contribution in [0.2, 0.25) is 0 Å². The van der Waals surface area contributed by atoms with Gasteiger partial charge in [-0.3, -0.25) is 9.59 Å². The number of carbonyl (C=O) groups excluding carboxylic acids is 2. The van der Waals surface area contributed by atoms with Crippen LogP contribution in [0.4, 0.5) is 0 Å². The van der Waals surface area contributed by atoms with Crippen LogP contribution in [0.25, 0.3) is 0 Å². The highest BCUT2D eigenvalue weighted by atomic mass is 16.5. The Bertz CT molecular complexity index is 303. The van der Waals surface area contributed by atoms with Crippen LogP contribution in [0.3, 0.4) is 0 Å². The number of ether oxygens (including phenoxy) is 2. The molecule has 1 rings (SSSR count). The minimum absolute atomic E-state index is 0.202. The van der Waals surface area contributed by atoms with Crippen LogP contribution in [-0.4, -0.2) is 25.2 Å². The van der Waals surface area contributed by atoms with Crippen LogP contribution in [0.5, 0.6) is 0 Å². The van der Waals surface area contributed by atoms with E-state index in [-0.39, 0.29) is 23.8 Å². The van der Waals surface area contributed by atoms with Crippen molar-refractivity contribution < 1.29 is 19.1 Å². The van der Waals surface area contributed by atoms with Gasteiger partial charge in [0.1, 0.15) is 0 Å². The van der Waals surface area contributed by atoms with Crippen molar-refractivity contribution in [3.8, 4) is 0 Å². The molecule has 4 atom stereocenters. The standard InChI is InChI=1S/C14H22O4/c1-9-5-6-10(2)14(8-18-12(4)16)13(9)7-17-11(3)15/h5-6,9-10,13-14H,7-8H2,1-4H3/t9-,10+,13-,14+. The van der Waals surface area contributed by atoms with Crippen LogP contribution in [0.15, 0.2) is 12.2 Å². The number of allylic oxidation sites excluding steroid dienone is 2. The molecule has 0 radical (unpaired) electrons. The van der Waals surface area contributed by atoms with Crippen LogP contribution >= 0.6 is 0 Å². The molecule has 0 amide bonds. The molecule has 4 heteroatoms. The van der Waals surface area contributed by atoms with Crippen LogP contribution < -0.4 is 0 Å². The third-order valence-corrected chi connectivity index (χ3v) is 3.58. The lowest BCUT2D eigenvalue weighted by Crippen LogP contribution is -2.36. The Balaban J connectivity index is 2.68. The van der Waals surface area contributed by atoms with E-state index in [1.807, 2.05) is 0 Å². The Kier molecular flexibility index (Phi) is 5.38. The number of hydrogen-bond acceptors (Lipinski definition) is 4. The van der Waals surface area contributed by atoms with E-state index in [9.17, 15) is 9.59 Å². The van der Waals surface area contributed by atoms with Gasteiger partial charge in [-0.15, -0.1) is 0 Å². The van der Waals surface area contributed by atoms with E-state index >= 15 is 0 Å². The van der Waals surface area contributed by atoms with Crippen molar-refractivity contribution in [2.75, 3.05) is 13.2 Å². The predicted molar refractivity (Wildman–Crippen MR) is 67.7 cm³/mol. The molecule has 0 aromatic rings. The summed E-state index contributed by atoms with van der Waals surface area (Å²) in [5, 5.41) is 0. The minimum atomic E-state index is -0.268. The third kappa shape index (κ3) is 4.17. The summed E-state index contributed by atoms with van der Waals surface area (Å²) < 4.78 is 10.2. The van der Waals surface area contributed by atoms with Gasteiger partial charge < -0.3 is 9.47 Å². The second-order valence-corrected chi connectivity index (χ2v) is 5.04. The monoisotopic (exact) mass is 254 g/mol. The molecule has 0 heterocycles. The second kappa shape index (κ2) is 6.57. The average molecular weight is 254 g/mol. The van der Waals surface area contributed by atoms with E-state index in [1.165, 1.54) is 13.8 Å². The Morgan fingerprint density at radius 3 is 1.50 bits per heavy atom. The summed E-state index contributed by atoms with van der Waals surface area (Å²) in [6, 6.07) is 0. The molecule has 0 unspecified atom stereocenters. The maximum Gasteiger partial charge on any atom is 0.302 e. The topological polar surface area (TPSA) is 52.6 Å². The highest BCUT2D eigenvalue weighted by Gasteiger charge is 2.33. The molecule has 0 aromatic heterocycles. The quantitative estimate of drug-likeness (QED) is 0.570. The molecule has 0 aromatic carbocycles. The van der Waals surface area contributed by atoms with E-state index in [0.717, 1.165) is 0 Å². The van der Waals surface area contributed by atoms with Gasteiger partial charge in [-0.25, -0.2) is 0 Å². The zero-order valence-corrected chi connectivity index (χ0v) is 11.5. The molecule has 0 N–H and O–H groups in total. The van der Waals surface area contributed by atoms with Crippen LogP contribution in [0.1, 0.15) is 27.7 Å². The van der Waals surface area contributed by atoms with E-state index < -0.39 is 0 Å². The smallest absolute Gasteiger partial charge is 0.302 e. The van der Waals surface area contributed by atoms with Gasteiger partial charge in [0.15, 0.2) is 0 Å². The molecule has 0 saturated carbocycles. The van der Waals surface area contributed by atoms with Crippen LogP contribution in [0, 0.1) is 23.7 Å². The zero-order valence-electron chi connectivity index (χ0n) is 11.5. The van der Waals surface area contributed by atoms with Crippen molar-refractivity contribution in [2.45, 2.75) is 27.7 Å². The summed E-state index contributed by atoms with van der Waals surface area (Å²) in [6.45, 7) is 7.78. The average Bonchev–Trinajstić information content (AvgIpc) is 2.28. The Labute approximate surface area is 108 Å². The number of esters is 2. The largest absolute Gasteiger partial charge is 0.466 e. The molecule has 18 heavy (non-hydrogen) atoms. The van der Waals surface area contributed by atoms with Crippen molar-refractivity contribution in [3.05, 3.63) is 12.2 Å². The molecule has 4 nitrogen and oxygen atoms in total. The Hall–Kier alpha value is -1.32. The first-order valence-corrected chi connectivity index (χ1v) is 6.37. The highest BCUT2D eigenvalue weighted by molar-refractivity contribution is 5.66. The first kappa shape index (κ1) is 14.7. The Morgan fingerprint density at radius 2 is 1.22 bits per heavy atom. The zero-order chi connectivity index (χ0) is 13.7. The minimum Gasteiger partial charge on any atom is -0.466 e. The number of hydrogen-bond donors (Lipinski definition) is 0. The fourth-order valence-corrected chi connectivity index (χ4v) is 2.39. The van der Waals surface area contributed by atoms with Crippen molar-refractivity contribution >= 4 is 11.9 Å². The lowest BCUT2D eigenvalue weighted by atomic mass is 9.72. The summed E-state index contributed by atoms with van der Waals surface area (Å²) in [5.41, 5.74) is 0. The summed E-state index contributed by atoms with van der Waals surface area (Å²) in [6.07, 6.45) is 4.28. The Morgan fingerprint density at radius 1 is 0.889 bits per heavy atom. The second-order valence-electron chi connectivity index (χ2n) is 5.04. The molecule has 1 aliphatic rings. The third-order valence-electron chi connectivity index (χ3n) is 3.58. The van der Waals surface area contributed by atoms with E-state index in [2.05, 4.69) is 26.0 Å². The molecule has 1 aliphatic carbocycles. The molecule has 102 valence electrons. The van der Waals surface area contributed by atoms with E-state index in [4.69, 9.17) is 9.47 Å². The van der Waals surface area contributed by atoms with Gasteiger partial charge in [0.05, 0.1) is 13.2 Å². The van der Waals surface area contributed by atoms with Gasteiger partial charge in [0.2, 0.25) is 0 Å². The maximum atomic E-state index is 10.9. The summed E-state index contributed by atoms with van der Waals surface area (Å²) in [5.74, 6) is 0.509.